The molecule has 2 heterocycles. The molecule has 94 valence electrons. The Labute approximate surface area is 116 Å². The molecule has 0 atom stereocenters. The van der Waals surface area contributed by atoms with Gasteiger partial charge in [0.25, 0.3) is 0 Å². The van der Waals surface area contributed by atoms with Gasteiger partial charge in [-0.3, -0.25) is 0 Å². The Morgan fingerprint density at radius 2 is 2.05 bits per heavy atom. The molecule has 19 heavy (non-hydrogen) atoms. The van der Waals surface area contributed by atoms with E-state index in [9.17, 15) is 0 Å². The zero-order valence-corrected chi connectivity index (χ0v) is 11.3. The topological polar surface area (TPSA) is 24.9 Å². The van der Waals surface area contributed by atoms with Crippen molar-refractivity contribution in [2.45, 2.75) is 12.8 Å². The van der Waals surface area contributed by atoms with E-state index in [0.717, 1.165) is 24.9 Å². The van der Waals surface area contributed by atoms with E-state index < -0.39 is 0 Å². The second-order valence-corrected chi connectivity index (χ2v) is 5.99. The summed E-state index contributed by atoms with van der Waals surface area (Å²) in [7, 11) is 0. The Morgan fingerprint density at radius 3 is 3.00 bits per heavy atom. The van der Waals surface area contributed by atoms with Gasteiger partial charge in [-0.1, -0.05) is 24.3 Å². The van der Waals surface area contributed by atoms with E-state index in [2.05, 4.69) is 47.8 Å². The molecule has 1 N–H and O–H groups in total. The maximum atomic E-state index is 4.73. The van der Waals surface area contributed by atoms with Crippen LogP contribution in [-0.4, -0.2) is 11.5 Å². The summed E-state index contributed by atoms with van der Waals surface area (Å²) in [4.78, 5) is 4.73. The molecule has 2 aromatic carbocycles. The molecule has 1 aliphatic heterocycles. The number of thiazole rings is 1. The van der Waals surface area contributed by atoms with Crippen LogP contribution < -0.4 is 5.32 Å². The normalized spacial score (nSPS) is 13.5. The highest BCUT2D eigenvalue weighted by Crippen LogP contribution is 2.29. The third-order valence-electron chi connectivity index (χ3n) is 3.64. The molecular weight excluding hydrogens is 252 g/mol. The van der Waals surface area contributed by atoms with E-state index in [1.807, 2.05) is 0 Å². The standard InChI is InChI=1S/C16H14N2S/c1-2-7-15-14(5-1)18-16(19-15)10-11-4-3-6-13-12(11)8-9-17-13/h1-7,17H,8-10H2. The zero-order valence-electron chi connectivity index (χ0n) is 10.5. The highest BCUT2D eigenvalue weighted by atomic mass is 32.1. The fourth-order valence-electron chi connectivity index (χ4n) is 2.74. The average molecular weight is 266 g/mol. The molecule has 2 nitrogen and oxygen atoms in total. The Hall–Kier alpha value is -1.87. The number of hydrogen-bond donors (Lipinski definition) is 1. The van der Waals surface area contributed by atoms with Crippen molar-refractivity contribution in [1.82, 2.24) is 4.98 Å². The van der Waals surface area contributed by atoms with Crippen LogP contribution in [0, 0.1) is 0 Å². The lowest BCUT2D eigenvalue weighted by Crippen LogP contribution is -1.93. The van der Waals surface area contributed by atoms with Gasteiger partial charge in [-0.2, -0.15) is 0 Å². The van der Waals surface area contributed by atoms with Crippen molar-refractivity contribution in [2.75, 3.05) is 11.9 Å². The molecule has 0 unspecified atom stereocenters. The summed E-state index contributed by atoms with van der Waals surface area (Å²) >= 11 is 1.81. The van der Waals surface area contributed by atoms with Gasteiger partial charge in [0, 0.05) is 18.7 Å². The molecule has 3 heteroatoms. The van der Waals surface area contributed by atoms with Crippen molar-refractivity contribution in [2.24, 2.45) is 0 Å². The quantitative estimate of drug-likeness (QED) is 0.762. The number of hydrogen-bond acceptors (Lipinski definition) is 3. The van der Waals surface area contributed by atoms with E-state index >= 15 is 0 Å². The molecule has 0 amide bonds. The minimum Gasteiger partial charge on any atom is -0.384 e. The summed E-state index contributed by atoms with van der Waals surface area (Å²) in [6, 6.07) is 14.9. The highest BCUT2D eigenvalue weighted by Gasteiger charge is 2.15. The summed E-state index contributed by atoms with van der Waals surface area (Å²) in [6.07, 6.45) is 2.08. The number of nitrogens with zero attached hydrogens (tertiary/aromatic N) is 1. The van der Waals surface area contributed by atoms with Crippen molar-refractivity contribution >= 4 is 27.2 Å². The van der Waals surface area contributed by atoms with Crippen molar-refractivity contribution in [3.63, 3.8) is 0 Å². The lowest BCUT2D eigenvalue weighted by atomic mass is 10.0. The number of nitrogens with one attached hydrogen (secondary N) is 1. The van der Waals surface area contributed by atoms with Crippen LogP contribution in [-0.2, 0) is 12.8 Å². The number of aromatic nitrogens is 1. The van der Waals surface area contributed by atoms with E-state index in [1.165, 1.54) is 26.5 Å². The summed E-state index contributed by atoms with van der Waals surface area (Å²) in [5.74, 6) is 0. The fourth-order valence-corrected chi connectivity index (χ4v) is 3.73. The van der Waals surface area contributed by atoms with Crippen molar-refractivity contribution in [3.8, 4) is 0 Å². The predicted octanol–water partition coefficient (Wildman–Crippen LogP) is 3.86. The molecule has 0 aliphatic carbocycles. The third-order valence-corrected chi connectivity index (χ3v) is 4.68. The molecule has 4 rings (SSSR count). The Balaban J connectivity index is 1.73. The molecule has 3 aromatic rings. The minimum atomic E-state index is 0.949. The van der Waals surface area contributed by atoms with Gasteiger partial charge in [-0.15, -0.1) is 11.3 Å². The fraction of sp³-hybridized carbons (Fsp3) is 0.188. The maximum absolute atomic E-state index is 4.73. The number of anilines is 1. The SMILES string of the molecule is c1cc(Cc2nc3ccccc3s2)c2c(c1)NCC2. The first kappa shape index (κ1) is 11.0. The van der Waals surface area contributed by atoms with Crippen LogP contribution in [0.1, 0.15) is 16.1 Å². The molecule has 0 fully saturated rings. The van der Waals surface area contributed by atoms with E-state index in [4.69, 9.17) is 4.98 Å². The van der Waals surface area contributed by atoms with Crippen molar-refractivity contribution in [1.29, 1.82) is 0 Å². The molecule has 1 aromatic heterocycles. The number of fused-ring (bicyclic) bond motifs is 2. The van der Waals surface area contributed by atoms with Gasteiger partial charge >= 0.3 is 0 Å². The molecule has 0 spiro atoms. The van der Waals surface area contributed by atoms with Crippen LogP contribution in [0.5, 0.6) is 0 Å². The van der Waals surface area contributed by atoms with E-state index in [1.54, 1.807) is 11.3 Å². The van der Waals surface area contributed by atoms with Crippen molar-refractivity contribution in [3.05, 3.63) is 58.6 Å². The van der Waals surface area contributed by atoms with Crippen molar-refractivity contribution < 1.29 is 0 Å². The summed E-state index contributed by atoms with van der Waals surface area (Å²) < 4.78 is 1.28. The van der Waals surface area contributed by atoms with Crippen LogP contribution in [0.4, 0.5) is 5.69 Å². The number of benzene rings is 2. The first-order chi connectivity index (χ1) is 9.40. The molecule has 0 saturated heterocycles. The Kier molecular flexibility index (Phi) is 2.52. The van der Waals surface area contributed by atoms with Crippen LogP contribution >= 0.6 is 11.3 Å². The van der Waals surface area contributed by atoms with Gasteiger partial charge in [0.1, 0.15) is 0 Å². The third kappa shape index (κ3) is 1.90. The second kappa shape index (κ2) is 4.35. The number of para-hydroxylation sites is 1. The maximum Gasteiger partial charge on any atom is 0.0982 e. The zero-order chi connectivity index (χ0) is 12.7. The summed E-state index contributed by atoms with van der Waals surface area (Å²) in [5.41, 5.74) is 5.31. The molecule has 0 bridgehead atoms. The first-order valence-corrected chi connectivity index (χ1v) is 7.41. The predicted molar refractivity (Wildman–Crippen MR) is 81.1 cm³/mol. The minimum absolute atomic E-state index is 0.949. The molecular formula is C16H14N2S. The van der Waals surface area contributed by atoms with Gasteiger partial charge in [0.05, 0.1) is 15.2 Å². The van der Waals surface area contributed by atoms with E-state index in [0.29, 0.717) is 0 Å². The molecule has 0 radical (unpaired) electrons. The average Bonchev–Trinajstić information content (AvgIpc) is 3.04. The Morgan fingerprint density at radius 1 is 1.11 bits per heavy atom. The van der Waals surface area contributed by atoms with E-state index in [-0.39, 0.29) is 0 Å². The van der Waals surface area contributed by atoms with Crippen LogP contribution in [0.25, 0.3) is 10.2 Å². The van der Waals surface area contributed by atoms with Gasteiger partial charge in [-0.25, -0.2) is 4.98 Å². The first-order valence-electron chi connectivity index (χ1n) is 6.59. The van der Waals surface area contributed by atoms with Gasteiger partial charge in [-0.05, 0) is 35.7 Å². The monoisotopic (exact) mass is 266 g/mol. The van der Waals surface area contributed by atoms with Crippen LogP contribution in [0.2, 0.25) is 0 Å². The molecule has 0 saturated carbocycles. The second-order valence-electron chi connectivity index (χ2n) is 4.87. The van der Waals surface area contributed by atoms with Crippen LogP contribution in [0.15, 0.2) is 42.5 Å². The van der Waals surface area contributed by atoms with Crippen LogP contribution in [0.3, 0.4) is 0 Å². The smallest absolute Gasteiger partial charge is 0.0982 e. The lowest BCUT2D eigenvalue weighted by molar-refractivity contribution is 1.05. The number of rotatable bonds is 2. The van der Waals surface area contributed by atoms with Gasteiger partial charge in [0.15, 0.2) is 0 Å². The van der Waals surface area contributed by atoms with Gasteiger partial charge in [0.2, 0.25) is 0 Å². The Bertz CT molecular complexity index is 712. The highest BCUT2D eigenvalue weighted by molar-refractivity contribution is 7.18. The summed E-state index contributed by atoms with van der Waals surface area (Å²) in [6.45, 7) is 1.06. The lowest BCUT2D eigenvalue weighted by Gasteiger charge is -2.05. The largest absolute Gasteiger partial charge is 0.384 e. The molecule has 1 aliphatic rings. The van der Waals surface area contributed by atoms with Gasteiger partial charge < -0.3 is 5.32 Å². The summed E-state index contributed by atoms with van der Waals surface area (Å²) in [5, 5.41) is 4.65.